The predicted octanol–water partition coefficient (Wildman–Crippen LogP) is 3.27. The van der Waals surface area contributed by atoms with Crippen molar-refractivity contribution >= 4 is 6.09 Å². The topological polar surface area (TPSA) is 56.2 Å². The second-order valence-corrected chi connectivity index (χ2v) is 5.80. The predicted molar refractivity (Wildman–Crippen MR) is 82.7 cm³/mol. The van der Waals surface area contributed by atoms with Crippen molar-refractivity contribution in [2.24, 2.45) is 0 Å². The van der Waals surface area contributed by atoms with Gasteiger partial charge in [-0.2, -0.15) is 0 Å². The van der Waals surface area contributed by atoms with E-state index in [0.717, 1.165) is 25.1 Å². The van der Waals surface area contributed by atoms with Crippen LogP contribution in [0.2, 0.25) is 0 Å². The third-order valence-corrected chi connectivity index (χ3v) is 2.86. The van der Waals surface area contributed by atoms with Gasteiger partial charge in [0.1, 0.15) is 5.60 Å². The average molecular weight is 291 g/mol. The molecule has 0 aliphatic rings. The van der Waals surface area contributed by atoms with Crippen LogP contribution in [0.4, 0.5) is 4.79 Å². The van der Waals surface area contributed by atoms with Gasteiger partial charge >= 0.3 is 6.09 Å². The van der Waals surface area contributed by atoms with Gasteiger partial charge < -0.3 is 14.6 Å². The van der Waals surface area contributed by atoms with Crippen LogP contribution in [0.15, 0.2) is 12.5 Å². The van der Waals surface area contributed by atoms with Gasteiger partial charge in [-0.3, -0.25) is 0 Å². The Kier molecular flexibility index (Phi) is 6.29. The molecule has 0 aliphatic carbocycles. The van der Waals surface area contributed by atoms with Gasteiger partial charge in [0.25, 0.3) is 0 Å². The molecule has 5 heteroatoms. The van der Waals surface area contributed by atoms with Gasteiger partial charge in [-0.25, -0.2) is 9.78 Å². The minimum atomic E-state index is -0.501. The van der Waals surface area contributed by atoms with Gasteiger partial charge in [0, 0.05) is 13.0 Å². The molecule has 1 aromatic heterocycles. The van der Waals surface area contributed by atoms with Crippen molar-refractivity contribution in [1.82, 2.24) is 14.9 Å². The number of aryl methyl sites for hydroxylation is 1. The number of aromatic nitrogens is 2. The summed E-state index contributed by atoms with van der Waals surface area (Å²) in [5.41, 5.74) is 0.473. The van der Waals surface area contributed by atoms with E-state index in [1.807, 2.05) is 39.2 Å². The highest BCUT2D eigenvalue weighted by atomic mass is 16.6. The van der Waals surface area contributed by atoms with E-state index >= 15 is 0 Å². The van der Waals surface area contributed by atoms with E-state index in [1.54, 1.807) is 12.5 Å². The summed E-state index contributed by atoms with van der Waals surface area (Å²) in [7, 11) is 0. The zero-order chi connectivity index (χ0) is 15.9. The van der Waals surface area contributed by atoms with Crippen LogP contribution in [0.25, 0.3) is 0 Å². The molecule has 116 valence electrons. The van der Waals surface area contributed by atoms with Crippen LogP contribution in [0.3, 0.4) is 0 Å². The van der Waals surface area contributed by atoms with Gasteiger partial charge in [0.15, 0.2) is 0 Å². The molecule has 0 radical (unpaired) electrons. The van der Waals surface area contributed by atoms with Gasteiger partial charge in [0.2, 0.25) is 0 Å². The van der Waals surface area contributed by atoms with Crippen molar-refractivity contribution < 1.29 is 9.53 Å². The Labute approximate surface area is 127 Å². The van der Waals surface area contributed by atoms with Gasteiger partial charge in [-0.15, -0.1) is 11.8 Å². The molecule has 5 nitrogen and oxygen atoms in total. The molecule has 0 saturated heterocycles. The van der Waals surface area contributed by atoms with Gasteiger partial charge in [-0.05, 0) is 34.1 Å². The first-order valence-electron chi connectivity index (χ1n) is 7.26. The maximum atomic E-state index is 11.9. The summed E-state index contributed by atoms with van der Waals surface area (Å²) in [6.45, 7) is 10.2. The lowest BCUT2D eigenvalue weighted by molar-refractivity contribution is 0.0500. The molecular weight excluding hydrogens is 266 g/mol. The molecule has 0 aromatic carbocycles. The summed E-state index contributed by atoms with van der Waals surface area (Å²) < 4.78 is 7.33. The number of amides is 1. The summed E-state index contributed by atoms with van der Waals surface area (Å²) in [4.78, 5) is 16.1. The molecule has 21 heavy (non-hydrogen) atoms. The number of hydrogen-bond donors (Lipinski definition) is 1. The Morgan fingerprint density at radius 3 is 2.81 bits per heavy atom. The van der Waals surface area contributed by atoms with Crippen LogP contribution < -0.4 is 5.32 Å². The lowest BCUT2D eigenvalue weighted by atomic mass is 10.1. The van der Waals surface area contributed by atoms with Crippen molar-refractivity contribution in [1.29, 1.82) is 0 Å². The third-order valence-electron chi connectivity index (χ3n) is 2.86. The lowest BCUT2D eigenvalue weighted by Crippen LogP contribution is -2.35. The van der Waals surface area contributed by atoms with Crippen molar-refractivity contribution in [2.45, 2.75) is 65.6 Å². The number of carbonyl (C=O) groups is 1. The molecule has 1 rings (SSSR count). The Morgan fingerprint density at radius 2 is 2.24 bits per heavy atom. The Balaban J connectivity index is 2.73. The minimum absolute atomic E-state index is 0.114. The molecule has 0 fully saturated rings. The van der Waals surface area contributed by atoms with E-state index in [9.17, 15) is 4.79 Å². The van der Waals surface area contributed by atoms with E-state index in [4.69, 9.17) is 4.74 Å². The number of nitrogens with zero attached hydrogens (tertiary/aromatic N) is 2. The van der Waals surface area contributed by atoms with Crippen LogP contribution in [-0.2, 0) is 11.3 Å². The normalized spacial score (nSPS) is 12.2. The van der Waals surface area contributed by atoms with E-state index < -0.39 is 11.7 Å². The molecule has 0 bridgehead atoms. The fraction of sp³-hybridized carbons (Fsp3) is 0.625. The van der Waals surface area contributed by atoms with Crippen LogP contribution in [0.5, 0.6) is 0 Å². The summed E-state index contributed by atoms with van der Waals surface area (Å²) in [5.74, 6) is 5.91. The van der Waals surface area contributed by atoms with Gasteiger partial charge in [-0.1, -0.05) is 6.92 Å². The van der Waals surface area contributed by atoms with Crippen molar-refractivity contribution in [3.05, 3.63) is 18.2 Å². The first kappa shape index (κ1) is 17.1. The fourth-order valence-electron chi connectivity index (χ4n) is 1.94. The van der Waals surface area contributed by atoms with E-state index in [-0.39, 0.29) is 6.04 Å². The second kappa shape index (κ2) is 7.72. The van der Waals surface area contributed by atoms with Crippen LogP contribution >= 0.6 is 0 Å². The fourth-order valence-corrected chi connectivity index (χ4v) is 1.94. The molecule has 1 atom stereocenters. The summed E-state index contributed by atoms with van der Waals surface area (Å²) in [6.07, 6.45) is 4.68. The zero-order valence-corrected chi connectivity index (χ0v) is 13.6. The number of rotatable bonds is 5. The number of hydrogen-bond acceptors (Lipinski definition) is 3. The quantitative estimate of drug-likeness (QED) is 0.847. The van der Waals surface area contributed by atoms with E-state index in [1.165, 1.54) is 0 Å². The minimum Gasteiger partial charge on any atom is -0.444 e. The molecule has 0 unspecified atom stereocenters. The van der Waals surface area contributed by atoms with Crippen LogP contribution in [0, 0.1) is 11.8 Å². The van der Waals surface area contributed by atoms with Crippen LogP contribution in [0.1, 0.15) is 59.2 Å². The van der Waals surface area contributed by atoms with E-state index in [2.05, 4.69) is 22.1 Å². The second-order valence-electron chi connectivity index (χ2n) is 5.80. The first-order valence-corrected chi connectivity index (χ1v) is 7.26. The molecule has 0 saturated carbocycles. The standard InChI is InChI=1S/C16H25N3O2/c1-6-8-9-10-19-12-17-11-14(19)13(7-2)18-15(20)21-16(3,4)5/h11-13H,7,9-10H2,1-5H3,(H,18,20)/t13-/m1/s1. The highest BCUT2D eigenvalue weighted by Crippen LogP contribution is 2.18. The summed E-state index contributed by atoms with van der Waals surface area (Å²) in [6, 6.07) is -0.114. The smallest absolute Gasteiger partial charge is 0.408 e. The summed E-state index contributed by atoms with van der Waals surface area (Å²) in [5, 5.41) is 2.90. The number of carbonyl (C=O) groups excluding carboxylic acids is 1. The maximum Gasteiger partial charge on any atom is 0.408 e. The number of alkyl carbamates (subject to hydrolysis) is 1. The van der Waals surface area contributed by atoms with E-state index in [0.29, 0.717) is 0 Å². The molecule has 1 N–H and O–H groups in total. The largest absolute Gasteiger partial charge is 0.444 e. The monoisotopic (exact) mass is 291 g/mol. The lowest BCUT2D eigenvalue weighted by Gasteiger charge is -2.23. The Hall–Kier alpha value is -1.96. The molecular formula is C16H25N3O2. The number of nitrogens with one attached hydrogen (secondary N) is 1. The highest BCUT2D eigenvalue weighted by Gasteiger charge is 2.21. The van der Waals surface area contributed by atoms with Crippen molar-refractivity contribution in [2.75, 3.05) is 0 Å². The molecule has 1 amide bonds. The number of ether oxygens (including phenoxy) is 1. The molecule has 0 spiro atoms. The number of imidazole rings is 1. The van der Waals surface area contributed by atoms with Gasteiger partial charge in [0.05, 0.1) is 24.3 Å². The highest BCUT2D eigenvalue weighted by molar-refractivity contribution is 5.68. The third kappa shape index (κ3) is 5.90. The average Bonchev–Trinajstić information content (AvgIpc) is 2.82. The molecule has 0 aliphatic heterocycles. The maximum absolute atomic E-state index is 11.9. The van der Waals surface area contributed by atoms with Crippen LogP contribution in [-0.4, -0.2) is 21.2 Å². The first-order chi connectivity index (χ1) is 9.87. The zero-order valence-electron chi connectivity index (χ0n) is 13.6. The Bertz CT molecular complexity index is 518. The SMILES string of the molecule is CC#CCCn1cncc1[C@@H](CC)NC(=O)OC(C)(C)C. The van der Waals surface area contributed by atoms with Crippen molar-refractivity contribution in [3.63, 3.8) is 0 Å². The molecule has 1 heterocycles. The summed E-state index contributed by atoms with van der Waals surface area (Å²) >= 11 is 0. The molecule has 1 aromatic rings. The van der Waals surface area contributed by atoms with Crippen molar-refractivity contribution in [3.8, 4) is 11.8 Å². The Morgan fingerprint density at radius 1 is 1.52 bits per heavy atom.